The van der Waals surface area contributed by atoms with Crippen molar-refractivity contribution in [3.8, 4) is 0 Å². The zero-order chi connectivity index (χ0) is 36.3. The molecule has 9 nitrogen and oxygen atoms in total. The summed E-state index contributed by atoms with van der Waals surface area (Å²) in [5, 5.41) is 0. The number of rotatable bonds is 35. The van der Waals surface area contributed by atoms with Gasteiger partial charge in [-0.15, -0.1) is 0 Å². The van der Waals surface area contributed by atoms with Gasteiger partial charge in [0.2, 0.25) is 0 Å². The number of hydrogen-bond donors (Lipinski definition) is 2. The van der Waals surface area contributed by atoms with Crippen molar-refractivity contribution >= 4 is 25.5 Å². The highest BCUT2D eigenvalue weighted by Gasteiger charge is 2.22. The Balaban J connectivity index is 4.06. The van der Waals surface area contributed by atoms with E-state index in [1.165, 1.54) is 70.6 Å². The van der Waals surface area contributed by atoms with Gasteiger partial charge in [0.1, 0.15) is 6.61 Å². The molecule has 0 aromatic heterocycles. The van der Waals surface area contributed by atoms with Gasteiger partial charge in [0.05, 0.1) is 6.61 Å². The molecule has 2 N–H and O–H groups in total. The van der Waals surface area contributed by atoms with Crippen molar-refractivity contribution in [3.63, 3.8) is 0 Å². The minimum Gasteiger partial charge on any atom is -0.462 e. The number of carbonyl (C=O) groups is 3. The van der Waals surface area contributed by atoms with Crippen molar-refractivity contribution in [2.24, 2.45) is 0 Å². The van der Waals surface area contributed by atoms with Crippen LogP contribution in [-0.4, -0.2) is 46.8 Å². The zero-order valence-corrected chi connectivity index (χ0v) is 31.7. The Labute approximate surface area is 298 Å². The first-order chi connectivity index (χ1) is 23.7. The van der Waals surface area contributed by atoms with Crippen LogP contribution >= 0.6 is 7.82 Å². The van der Waals surface area contributed by atoms with Gasteiger partial charge in [0.25, 0.3) is 0 Å². The third-order valence-corrected chi connectivity index (χ3v) is 8.59. The van der Waals surface area contributed by atoms with E-state index in [1.807, 2.05) is 6.08 Å². The molecular formula is C39H69O9P. The molecule has 0 unspecified atom stereocenters. The summed E-state index contributed by atoms with van der Waals surface area (Å²) in [5.41, 5.74) is 0. The second kappa shape index (κ2) is 34.4. The summed E-state index contributed by atoms with van der Waals surface area (Å²) in [6.07, 6.45) is 35.4. The smallest absolute Gasteiger partial charge is 0.462 e. The second-order valence-electron chi connectivity index (χ2n) is 12.9. The van der Waals surface area contributed by atoms with Crippen LogP contribution < -0.4 is 0 Å². The molecule has 0 heterocycles. The summed E-state index contributed by atoms with van der Waals surface area (Å²) in [7, 11) is -4.78. The Morgan fingerprint density at radius 3 is 1.63 bits per heavy atom. The molecule has 0 saturated heterocycles. The molecule has 0 aliphatic rings. The van der Waals surface area contributed by atoms with Crippen LogP contribution in [0.2, 0.25) is 0 Å². The number of phosphoric acid groups is 1. The second-order valence-corrected chi connectivity index (χ2v) is 14.2. The molecule has 0 aliphatic carbocycles. The van der Waals surface area contributed by atoms with E-state index in [2.05, 4.69) is 36.6 Å². The lowest BCUT2D eigenvalue weighted by Gasteiger charge is -2.18. The molecule has 49 heavy (non-hydrogen) atoms. The minimum absolute atomic E-state index is 0.110. The summed E-state index contributed by atoms with van der Waals surface area (Å²) in [4.78, 5) is 54.7. The fourth-order valence-corrected chi connectivity index (χ4v) is 5.53. The van der Waals surface area contributed by atoms with Gasteiger partial charge in [0, 0.05) is 19.3 Å². The molecular weight excluding hydrogens is 643 g/mol. The van der Waals surface area contributed by atoms with E-state index in [4.69, 9.17) is 19.3 Å². The summed E-state index contributed by atoms with van der Waals surface area (Å²) >= 11 is 0. The van der Waals surface area contributed by atoms with Gasteiger partial charge in [-0.3, -0.25) is 18.9 Å². The maximum Gasteiger partial charge on any atom is 0.469 e. The number of carbonyl (C=O) groups excluding carboxylic acids is 3. The van der Waals surface area contributed by atoms with E-state index in [9.17, 15) is 18.9 Å². The fraction of sp³-hybridized carbons (Fsp3) is 0.769. The molecule has 0 aromatic carbocycles. The maximum absolute atomic E-state index is 12.4. The average molecular weight is 713 g/mol. The first kappa shape index (κ1) is 46.9. The van der Waals surface area contributed by atoms with Crippen molar-refractivity contribution in [1.82, 2.24) is 0 Å². The lowest BCUT2D eigenvalue weighted by Crippen LogP contribution is -2.29. The lowest BCUT2D eigenvalue weighted by molar-refractivity contribution is -0.161. The standard InChI is InChI=1S/C39H69O9P/c1-3-5-7-9-11-12-13-14-15-16-17-18-20-24-28-32-38(41)46-34-37(35-47-49(43,44)45)48-39(42)33-29-25-21-23-27-31-36(40)30-26-22-19-10-8-6-4-2/h12-13,19,22,26,30,37H,3-11,14-18,20-21,23-25,27-29,31-35H2,1-2H3,(H2,43,44,45)/b13-12-,22-19-,30-26+/t37-/m1/s1. The number of ketones is 1. The average Bonchev–Trinajstić information content (AvgIpc) is 3.06. The zero-order valence-electron chi connectivity index (χ0n) is 30.8. The molecule has 0 bridgehead atoms. The van der Waals surface area contributed by atoms with Crippen LogP contribution in [0.15, 0.2) is 36.5 Å². The molecule has 1 atom stereocenters. The van der Waals surface area contributed by atoms with Crippen LogP contribution in [-0.2, 0) is 32.9 Å². The number of ether oxygens (including phenoxy) is 2. The van der Waals surface area contributed by atoms with Crippen LogP contribution in [0.4, 0.5) is 0 Å². The molecule has 0 aliphatic heterocycles. The third-order valence-electron chi connectivity index (χ3n) is 8.11. The number of allylic oxidation sites excluding steroid dienone is 6. The van der Waals surface area contributed by atoms with E-state index < -0.39 is 32.5 Å². The van der Waals surface area contributed by atoms with E-state index in [-0.39, 0.29) is 25.2 Å². The molecule has 0 amide bonds. The van der Waals surface area contributed by atoms with Gasteiger partial charge in [-0.2, -0.15) is 0 Å². The van der Waals surface area contributed by atoms with Crippen molar-refractivity contribution < 1.29 is 42.7 Å². The van der Waals surface area contributed by atoms with Crippen LogP contribution in [0.25, 0.3) is 0 Å². The normalized spacial score (nSPS) is 12.7. The number of hydrogen-bond acceptors (Lipinski definition) is 7. The SMILES string of the molecule is CCCCC/C=C\C=C\C(=O)CCCCCCCC(=O)O[C@H](COC(=O)CCCCCCCCC/C=C\CCCCCC)COP(=O)(O)O. The van der Waals surface area contributed by atoms with E-state index >= 15 is 0 Å². The quantitative estimate of drug-likeness (QED) is 0.0164. The highest BCUT2D eigenvalue weighted by Crippen LogP contribution is 2.36. The number of esters is 2. The van der Waals surface area contributed by atoms with Gasteiger partial charge < -0.3 is 19.3 Å². The molecule has 0 spiro atoms. The topological polar surface area (TPSA) is 136 Å². The van der Waals surface area contributed by atoms with Gasteiger partial charge in [0.15, 0.2) is 11.9 Å². The molecule has 0 saturated carbocycles. The van der Waals surface area contributed by atoms with Crippen molar-refractivity contribution in [1.29, 1.82) is 0 Å². The maximum atomic E-state index is 12.4. The molecule has 0 rings (SSSR count). The Bertz CT molecular complexity index is 954. The predicted octanol–water partition coefficient (Wildman–Crippen LogP) is 10.6. The summed E-state index contributed by atoms with van der Waals surface area (Å²) in [6, 6.07) is 0. The third kappa shape index (κ3) is 37.0. The lowest BCUT2D eigenvalue weighted by atomic mass is 10.1. The Hall–Kier alpha value is -2.06. The van der Waals surface area contributed by atoms with Gasteiger partial charge in [-0.25, -0.2) is 4.57 Å². The first-order valence-corrected chi connectivity index (χ1v) is 20.8. The highest BCUT2D eigenvalue weighted by molar-refractivity contribution is 7.46. The largest absolute Gasteiger partial charge is 0.469 e. The number of unbranched alkanes of at least 4 members (excludes halogenated alkanes) is 18. The summed E-state index contributed by atoms with van der Waals surface area (Å²) in [6.45, 7) is 3.51. The molecule has 10 heteroatoms. The molecule has 0 aromatic rings. The Kier molecular flexibility index (Phi) is 32.9. The van der Waals surface area contributed by atoms with Crippen molar-refractivity contribution in [2.45, 2.75) is 180 Å². The fourth-order valence-electron chi connectivity index (χ4n) is 5.17. The summed E-state index contributed by atoms with van der Waals surface area (Å²) in [5.74, 6) is -0.873. The molecule has 0 radical (unpaired) electrons. The van der Waals surface area contributed by atoms with Crippen LogP contribution in [0.3, 0.4) is 0 Å². The monoisotopic (exact) mass is 712 g/mol. The van der Waals surface area contributed by atoms with Crippen LogP contribution in [0.5, 0.6) is 0 Å². The number of phosphoric ester groups is 1. The van der Waals surface area contributed by atoms with Gasteiger partial charge >= 0.3 is 19.8 Å². The van der Waals surface area contributed by atoms with E-state index in [0.717, 1.165) is 57.8 Å². The van der Waals surface area contributed by atoms with Crippen molar-refractivity contribution in [2.75, 3.05) is 13.2 Å². The van der Waals surface area contributed by atoms with E-state index in [1.54, 1.807) is 12.2 Å². The molecule has 0 fully saturated rings. The van der Waals surface area contributed by atoms with Crippen molar-refractivity contribution in [3.05, 3.63) is 36.5 Å². The van der Waals surface area contributed by atoms with Gasteiger partial charge in [-0.05, 0) is 63.9 Å². The highest BCUT2D eigenvalue weighted by atomic mass is 31.2. The first-order valence-electron chi connectivity index (χ1n) is 19.2. The molecule has 284 valence electrons. The van der Waals surface area contributed by atoms with Gasteiger partial charge in [-0.1, -0.05) is 128 Å². The van der Waals surface area contributed by atoms with Crippen LogP contribution in [0, 0.1) is 0 Å². The Morgan fingerprint density at radius 2 is 1.04 bits per heavy atom. The van der Waals surface area contributed by atoms with Crippen LogP contribution in [0.1, 0.15) is 174 Å². The van der Waals surface area contributed by atoms with E-state index in [0.29, 0.717) is 19.3 Å². The Morgan fingerprint density at radius 1 is 0.571 bits per heavy atom. The minimum atomic E-state index is -4.78. The predicted molar refractivity (Wildman–Crippen MR) is 198 cm³/mol. The summed E-state index contributed by atoms with van der Waals surface area (Å²) < 4.78 is 26.2.